The molecule has 0 aliphatic rings. The summed E-state index contributed by atoms with van der Waals surface area (Å²) in [6, 6.07) is 5.22. The maximum absolute atomic E-state index is 15.4. The van der Waals surface area contributed by atoms with E-state index in [2.05, 4.69) is 19.9 Å². The molecule has 36 heavy (non-hydrogen) atoms. The van der Waals surface area contributed by atoms with Crippen molar-refractivity contribution in [1.82, 2.24) is 19.9 Å². The van der Waals surface area contributed by atoms with E-state index in [0.29, 0.717) is 0 Å². The van der Waals surface area contributed by atoms with Gasteiger partial charge in [-0.25, -0.2) is 37.5 Å². The summed E-state index contributed by atoms with van der Waals surface area (Å²) in [5.41, 5.74) is -5.50. The number of nitriles is 4. The third kappa shape index (κ3) is 2.61. The second-order valence-electron chi connectivity index (χ2n) is 7.08. The van der Waals surface area contributed by atoms with Gasteiger partial charge in [-0.05, 0) is 0 Å². The Morgan fingerprint density at radius 1 is 0.444 bits per heavy atom. The fourth-order valence-electron chi connectivity index (χ4n) is 4.11. The van der Waals surface area contributed by atoms with E-state index >= 15 is 17.6 Å². The van der Waals surface area contributed by atoms with Crippen LogP contribution in [0.4, 0.5) is 26.3 Å². The van der Waals surface area contributed by atoms with Crippen molar-refractivity contribution in [3.05, 3.63) is 45.9 Å². The minimum atomic E-state index is -1.86. The van der Waals surface area contributed by atoms with Crippen LogP contribution < -0.4 is 10.4 Å². The lowest BCUT2D eigenvalue weighted by Crippen LogP contribution is -2.21. The Morgan fingerprint density at radius 2 is 0.750 bits per heavy atom. The van der Waals surface area contributed by atoms with Crippen LogP contribution in [0.3, 0.4) is 0 Å². The first-order chi connectivity index (χ1) is 17.2. The maximum Gasteiger partial charge on any atom is 0.309 e. The molecule has 0 N–H and O–H groups in total. The van der Waals surface area contributed by atoms with E-state index in [9.17, 15) is 29.8 Å². The smallest absolute Gasteiger partial charge is 0.203 e. The summed E-state index contributed by atoms with van der Waals surface area (Å²) in [5.74, 6) is -7.37. The van der Waals surface area contributed by atoms with E-state index in [1.165, 1.54) is 24.3 Å². The molecule has 2 heterocycles. The molecule has 0 atom stereocenters. The van der Waals surface area contributed by atoms with E-state index in [1.54, 1.807) is 0 Å². The van der Waals surface area contributed by atoms with E-state index < -0.39 is 101 Å². The lowest BCUT2D eigenvalue weighted by Gasteiger charge is -2.15. The second kappa shape index (κ2) is 7.45. The first-order valence-corrected chi connectivity index (χ1v) is 9.32. The summed E-state index contributed by atoms with van der Waals surface area (Å²) in [6.07, 6.45) is -3.31. The van der Waals surface area contributed by atoms with Crippen molar-refractivity contribution in [1.29, 1.82) is 21.0 Å². The van der Waals surface area contributed by atoms with Gasteiger partial charge >= 0.3 is 12.2 Å². The van der Waals surface area contributed by atoms with Crippen molar-refractivity contribution < 1.29 is 26.3 Å². The van der Waals surface area contributed by atoms with Crippen LogP contribution in [0, 0.1) is 80.7 Å². The molecule has 0 fully saturated rings. The van der Waals surface area contributed by atoms with E-state index in [4.69, 9.17) is 0 Å². The van der Waals surface area contributed by atoms with Crippen molar-refractivity contribution in [2.45, 2.75) is 0 Å². The van der Waals surface area contributed by atoms with Crippen molar-refractivity contribution in [2.24, 2.45) is 0 Å². The molecular formula is C22F6N8. The molecule has 2 aromatic heterocycles. The molecule has 0 radical (unpaired) electrons. The first-order valence-electron chi connectivity index (χ1n) is 9.32. The zero-order chi connectivity index (χ0) is 26.0. The first kappa shape index (κ1) is 22.2. The molecule has 0 unspecified atom stereocenters. The van der Waals surface area contributed by atoms with E-state index in [-0.39, 0.29) is 0 Å². The van der Waals surface area contributed by atoms with Crippen LogP contribution in [-0.4, -0.2) is 19.9 Å². The topological polar surface area (TPSA) is 147 Å². The van der Waals surface area contributed by atoms with Crippen LogP contribution in [0.1, 0.15) is 0 Å². The predicted molar refractivity (Wildman–Crippen MR) is 107 cm³/mol. The monoisotopic (exact) mass is 490 g/mol. The van der Waals surface area contributed by atoms with Crippen molar-refractivity contribution in [3.8, 4) is 24.3 Å². The summed E-state index contributed by atoms with van der Waals surface area (Å²) in [4.78, 5) is 13.4. The van der Waals surface area contributed by atoms with Crippen LogP contribution in [0.15, 0.2) is 0 Å². The van der Waals surface area contributed by atoms with Gasteiger partial charge in [-0.3, -0.25) is 0 Å². The Labute approximate surface area is 192 Å². The van der Waals surface area contributed by atoms with Gasteiger partial charge in [0.1, 0.15) is 35.4 Å². The third-order valence-electron chi connectivity index (χ3n) is 5.42. The average Bonchev–Trinajstić information content (AvgIpc) is 2.85. The highest BCUT2D eigenvalue weighted by molar-refractivity contribution is 6.30. The van der Waals surface area contributed by atoms with Gasteiger partial charge < -0.3 is 0 Å². The molecular weight excluding hydrogens is 490 g/mol. The van der Waals surface area contributed by atoms with Crippen LogP contribution in [0.2, 0.25) is 0 Å². The summed E-state index contributed by atoms with van der Waals surface area (Å²) >= 11 is 0. The predicted octanol–water partition coefficient (Wildman–Crippen LogP) is 2.55. The lowest BCUT2D eigenvalue weighted by atomic mass is 9.94. The number of fused-ring (bicyclic) bond motifs is 2. The molecule has 170 valence electrons. The van der Waals surface area contributed by atoms with Crippen LogP contribution in [0.5, 0.6) is 0 Å². The molecule has 0 amide bonds. The Morgan fingerprint density at radius 3 is 1.06 bits per heavy atom. The number of nitrogens with zero attached hydrogens (tertiary/aromatic N) is 8. The Kier molecular flexibility index (Phi) is 4.60. The highest BCUT2D eigenvalue weighted by atomic mass is 19.2. The molecule has 0 saturated heterocycles. The molecule has 14 heteroatoms. The van der Waals surface area contributed by atoms with Crippen molar-refractivity contribution in [2.75, 3.05) is 0 Å². The fraction of sp³-hybridized carbons (Fsp3) is 0. The lowest BCUT2D eigenvalue weighted by molar-refractivity contribution is 0.508. The number of aromatic nitrogens is 4. The summed E-state index contributed by atoms with van der Waals surface area (Å²) in [5, 5.41) is 31.3. The van der Waals surface area contributed by atoms with Crippen LogP contribution in [0.25, 0.3) is 54.8 Å². The summed E-state index contributed by atoms with van der Waals surface area (Å²) in [6.45, 7) is 0. The quantitative estimate of drug-likeness (QED) is 0.139. The molecule has 8 nitrogen and oxygen atoms in total. The Bertz CT molecular complexity index is 1980. The van der Waals surface area contributed by atoms with Gasteiger partial charge in [0.2, 0.25) is 0 Å². The number of rotatable bonds is 0. The van der Waals surface area contributed by atoms with Crippen molar-refractivity contribution in [3.63, 3.8) is 0 Å². The van der Waals surface area contributed by atoms with Gasteiger partial charge in [0, 0.05) is 10.8 Å². The second-order valence-corrected chi connectivity index (χ2v) is 7.08. The third-order valence-corrected chi connectivity index (χ3v) is 5.42. The molecule has 0 bridgehead atoms. The van der Waals surface area contributed by atoms with E-state index in [0.717, 1.165) is 0 Å². The minimum absolute atomic E-state index is 0.698. The zero-order valence-electron chi connectivity index (χ0n) is 16.8. The fourth-order valence-corrected chi connectivity index (χ4v) is 4.11. The van der Waals surface area contributed by atoms with Gasteiger partial charge in [0.05, 0.1) is 43.3 Å². The minimum Gasteiger partial charge on any atom is -0.203 e. The number of hydrogen-bond donors (Lipinski definition) is 0. The van der Waals surface area contributed by atoms with Gasteiger partial charge in [0.15, 0.2) is 23.3 Å². The number of halogens is 6. The van der Waals surface area contributed by atoms with Gasteiger partial charge in [-0.15, -0.1) is 0 Å². The largest absolute Gasteiger partial charge is 0.309 e. The van der Waals surface area contributed by atoms with Crippen LogP contribution >= 0.6 is 0 Å². The maximum atomic E-state index is 15.4. The molecule has 3 aromatic carbocycles. The van der Waals surface area contributed by atoms with Gasteiger partial charge in [-0.1, -0.05) is 0 Å². The van der Waals surface area contributed by atoms with E-state index in [1.807, 2.05) is 0 Å². The van der Waals surface area contributed by atoms with Crippen LogP contribution in [-0.2, 0) is 0 Å². The normalized spacial score (nSPS) is 10.9. The highest BCUT2D eigenvalue weighted by Gasteiger charge is 2.30. The summed E-state index contributed by atoms with van der Waals surface area (Å²) < 4.78 is 90.2. The average molecular weight is 490 g/mol. The molecule has 0 aliphatic carbocycles. The Hall–Kier alpha value is -5.60. The number of benzene rings is 3. The van der Waals surface area contributed by atoms with Gasteiger partial charge in [-0.2, -0.15) is 29.8 Å². The molecule has 5 aromatic rings. The number of hydrogen-bond acceptors (Lipinski definition) is 8. The molecule has 0 saturated carbocycles. The summed E-state index contributed by atoms with van der Waals surface area (Å²) in [7, 11) is 0. The molecule has 0 aliphatic heterocycles. The highest BCUT2D eigenvalue weighted by Crippen LogP contribution is 2.39. The molecule has 5 rings (SSSR count). The SMILES string of the molecule is N#CC(C#N)=c1c(F)c(F)c2c3nc(F)nc4c(=C(C#N)C#N)c(F)c(F)c(c5nc(F)nc1c52)c43. The standard InChI is InChI=1S/C22F6N8/c23-13-7(5(1-29)2-30)17-11-9(15(13)25)20-12-10(19(11)35-21(27)33-17)16(26)14(24)8(6(3-31)4-32)18(12)34-22(28)36-20. The van der Waals surface area contributed by atoms with Crippen molar-refractivity contribution >= 4 is 54.8 Å². The Balaban J connectivity index is 2.38. The zero-order valence-corrected chi connectivity index (χ0v) is 16.8. The molecule has 0 spiro atoms. The van der Waals surface area contributed by atoms with Gasteiger partial charge in [0.25, 0.3) is 0 Å².